The third kappa shape index (κ3) is 5.25. The smallest absolute Gasteiger partial charge is 0.276 e. The molecule has 0 radical (unpaired) electrons. The number of Topliss-reactive ketones (excluding diaryl/α,β-unsaturated/α-hetero) is 1. The number of hydrogen-bond acceptors (Lipinski definition) is 7. The van der Waals surface area contributed by atoms with Gasteiger partial charge in [0.15, 0.2) is 5.78 Å². The van der Waals surface area contributed by atoms with E-state index in [-0.39, 0.29) is 29.8 Å². The number of benzene rings is 3. The van der Waals surface area contributed by atoms with Crippen molar-refractivity contribution in [2.75, 3.05) is 11.9 Å². The summed E-state index contributed by atoms with van der Waals surface area (Å²) in [5.74, 6) is -0.163. The topological polar surface area (TPSA) is 104 Å². The number of rotatable bonds is 7. The van der Waals surface area contributed by atoms with Crippen LogP contribution in [-0.2, 0) is 25.9 Å². The fraction of sp³-hybridized carbons (Fsp3) is 0.156. The van der Waals surface area contributed by atoms with Crippen LogP contribution in [0.15, 0.2) is 85.1 Å². The molecule has 1 aliphatic rings. The molecule has 3 aromatic carbocycles. The zero-order valence-corrected chi connectivity index (χ0v) is 22.9. The molecular weight excluding hydrogens is 532 g/mol. The SMILES string of the molecule is O=C(Nc1nc2c(C(=O)Cc3nc4c(s3)CN(Cc3ccccc3)CC4)cccc2[nH]1)c1cc2ccccc2cn1. The normalized spacial score (nSPS) is 13.4. The van der Waals surface area contributed by atoms with E-state index in [9.17, 15) is 9.59 Å². The highest BCUT2D eigenvalue weighted by atomic mass is 32.1. The molecule has 0 saturated heterocycles. The van der Waals surface area contributed by atoms with Gasteiger partial charge in [-0.25, -0.2) is 9.97 Å². The predicted octanol–water partition coefficient (Wildman–Crippen LogP) is 5.80. The summed E-state index contributed by atoms with van der Waals surface area (Å²) in [7, 11) is 0. The number of anilines is 1. The van der Waals surface area contributed by atoms with Gasteiger partial charge in [-0.3, -0.25) is 24.8 Å². The number of nitrogens with zero attached hydrogens (tertiary/aromatic N) is 4. The van der Waals surface area contributed by atoms with Crippen LogP contribution in [0.1, 0.15) is 42.0 Å². The van der Waals surface area contributed by atoms with E-state index in [0.717, 1.165) is 47.5 Å². The maximum Gasteiger partial charge on any atom is 0.276 e. The van der Waals surface area contributed by atoms with Gasteiger partial charge in [-0.15, -0.1) is 11.3 Å². The van der Waals surface area contributed by atoms with Gasteiger partial charge in [-0.05, 0) is 29.1 Å². The molecule has 0 aliphatic carbocycles. The lowest BCUT2D eigenvalue weighted by atomic mass is 10.1. The Morgan fingerprint density at radius 1 is 0.951 bits per heavy atom. The molecule has 9 heteroatoms. The van der Waals surface area contributed by atoms with E-state index in [2.05, 4.69) is 49.4 Å². The van der Waals surface area contributed by atoms with Crippen molar-refractivity contribution in [2.45, 2.75) is 25.9 Å². The second-order valence-electron chi connectivity index (χ2n) is 10.2. The van der Waals surface area contributed by atoms with Crippen LogP contribution >= 0.6 is 11.3 Å². The first kappa shape index (κ1) is 25.3. The summed E-state index contributed by atoms with van der Waals surface area (Å²) in [6, 6.07) is 25.4. The number of fused-ring (bicyclic) bond motifs is 3. The lowest BCUT2D eigenvalue weighted by molar-refractivity contribution is 0.0992. The second-order valence-corrected chi connectivity index (χ2v) is 11.3. The van der Waals surface area contributed by atoms with Gasteiger partial charge in [0.2, 0.25) is 5.95 Å². The summed E-state index contributed by atoms with van der Waals surface area (Å²) in [5.41, 5.74) is 4.39. The maximum atomic E-state index is 13.4. The van der Waals surface area contributed by atoms with Crippen molar-refractivity contribution in [3.05, 3.63) is 117 Å². The van der Waals surface area contributed by atoms with E-state index in [1.165, 1.54) is 10.4 Å². The fourth-order valence-corrected chi connectivity index (χ4v) is 6.44. The first-order valence-electron chi connectivity index (χ1n) is 13.5. The van der Waals surface area contributed by atoms with Gasteiger partial charge in [0.25, 0.3) is 5.91 Å². The van der Waals surface area contributed by atoms with Crippen molar-refractivity contribution in [1.82, 2.24) is 24.8 Å². The molecule has 0 bridgehead atoms. The number of aromatic amines is 1. The van der Waals surface area contributed by atoms with Crippen molar-refractivity contribution in [2.24, 2.45) is 0 Å². The molecule has 6 aromatic rings. The van der Waals surface area contributed by atoms with Gasteiger partial charge in [0, 0.05) is 48.1 Å². The highest BCUT2D eigenvalue weighted by Crippen LogP contribution is 2.28. The minimum absolute atomic E-state index is 0.0524. The number of thiazole rings is 1. The largest absolute Gasteiger partial charge is 0.324 e. The minimum Gasteiger partial charge on any atom is -0.324 e. The number of amides is 1. The van der Waals surface area contributed by atoms with Crippen molar-refractivity contribution in [3.63, 3.8) is 0 Å². The third-order valence-corrected chi connectivity index (χ3v) is 8.41. The van der Waals surface area contributed by atoms with E-state index >= 15 is 0 Å². The predicted molar refractivity (Wildman–Crippen MR) is 160 cm³/mol. The molecule has 2 N–H and O–H groups in total. The van der Waals surface area contributed by atoms with Crippen LogP contribution in [0.2, 0.25) is 0 Å². The summed E-state index contributed by atoms with van der Waals surface area (Å²) >= 11 is 1.62. The van der Waals surface area contributed by atoms with Crippen molar-refractivity contribution in [1.29, 1.82) is 0 Å². The van der Waals surface area contributed by atoms with Crippen LogP contribution < -0.4 is 5.32 Å². The number of hydrogen-bond donors (Lipinski definition) is 2. The number of H-pyrrole nitrogens is 1. The molecule has 0 saturated carbocycles. The quantitative estimate of drug-likeness (QED) is 0.240. The van der Waals surface area contributed by atoms with E-state index in [0.29, 0.717) is 16.6 Å². The minimum atomic E-state index is -0.377. The lowest BCUT2D eigenvalue weighted by Gasteiger charge is -2.25. The van der Waals surface area contributed by atoms with Crippen molar-refractivity contribution >= 4 is 50.8 Å². The molecular formula is C32H26N6O2S. The number of carbonyl (C=O) groups is 2. The molecule has 7 rings (SSSR count). The molecule has 3 aromatic heterocycles. The molecule has 4 heterocycles. The van der Waals surface area contributed by atoms with Crippen molar-refractivity contribution < 1.29 is 9.59 Å². The number of aromatic nitrogens is 4. The molecule has 0 unspecified atom stereocenters. The number of carbonyl (C=O) groups excluding carboxylic acids is 2. The van der Waals surface area contributed by atoms with E-state index in [1.54, 1.807) is 29.7 Å². The van der Waals surface area contributed by atoms with Crippen LogP contribution in [0.4, 0.5) is 5.95 Å². The molecule has 0 fully saturated rings. The summed E-state index contributed by atoms with van der Waals surface area (Å²) in [6.45, 7) is 2.71. The Hall–Kier alpha value is -4.73. The fourth-order valence-electron chi connectivity index (χ4n) is 5.28. The molecule has 1 aliphatic heterocycles. The van der Waals surface area contributed by atoms with E-state index in [1.807, 2.05) is 42.5 Å². The van der Waals surface area contributed by atoms with E-state index < -0.39 is 0 Å². The molecule has 8 nitrogen and oxygen atoms in total. The van der Waals surface area contributed by atoms with Crippen molar-refractivity contribution in [3.8, 4) is 0 Å². The Kier molecular flexibility index (Phi) is 6.58. The van der Waals surface area contributed by atoms with Crippen LogP contribution in [0.25, 0.3) is 21.8 Å². The van der Waals surface area contributed by atoms with Crippen LogP contribution in [-0.4, -0.2) is 43.1 Å². The summed E-state index contributed by atoms with van der Waals surface area (Å²) in [6.07, 6.45) is 2.78. The second kappa shape index (κ2) is 10.7. The number of imidazole rings is 1. The standard InChI is InChI=1S/C32H26N6O2S/c39-27(16-29-34-24-13-14-38(19-28(24)41-29)18-20-7-2-1-3-8-20)23-11-6-12-25-30(23)36-32(35-25)37-31(40)26-15-21-9-4-5-10-22(21)17-33-26/h1-12,15,17H,13-14,16,18-19H2,(H2,35,36,37,40). The van der Waals surface area contributed by atoms with Gasteiger partial charge in [-0.2, -0.15) is 0 Å². The number of para-hydroxylation sites is 1. The number of ketones is 1. The Balaban J connectivity index is 1.06. The monoisotopic (exact) mass is 558 g/mol. The Morgan fingerprint density at radius 2 is 1.78 bits per heavy atom. The Labute approximate surface area is 240 Å². The first-order chi connectivity index (χ1) is 20.1. The first-order valence-corrected chi connectivity index (χ1v) is 14.3. The molecule has 202 valence electrons. The average molecular weight is 559 g/mol. The van der Waals surface area contributed by atoms with E-state index in [4.69, 9.17) is 4.98 Å². The van der Waals surface area contributed by atoms with Gasteiger partial charge in [0.1, 0.15) is 16.2 Å². The zero-order valence-electron chi connectivity index (χ0n) is 22.1. The zero-order chi connectivity index (χ0) is 27.8. The summed E-state index contributed by atoms with van der Waals surface area (Å²) in [5, 5.41) is 5.50. The van der Waals surface area contributed by atoms with Crippen LogP contribution in [0.3, 0.4) is 0 Å². The molecule has 41 heavy (non-hydrogen) atoms. The number of nitrogens with one attached hydrogen (secondary N) is 2. The van der Waals surface area contributed by atoms with Gasteiger partial charge in [0.05, 0.1) is 17.6 Å². The van der Waals surface area contributed by atoms with Crippen LogP contribution in [0.5, 0.6) is 0 Å². The van der Waals surface area contributed by atoms with Gasteiger partial charge >= 0.3 is 0 Å². The molecule has 0 spiro atoms. The summed E-state index contributed by atoms with van der Waals surface area (Å²) in [4.78, 5) is 46.8. The third-order valence-electron chi connectivity index (χ3n) is 7.32. The Bertz CT molecular complexity index is 1910. The molecule has 1 amide bonds. The van der Waals surface area contributed by atoms with Gasteiger partial charge < -0.3 is 4.98 Å². The highest BCUT2D eigenvalue weighted by Gasteiger charge is 2.23. The summed E-state index contributed by atoms with van der Waals surface area (Å²) < 4.78 is 0. The lowest BCUT2D eigenvalue weighted by Crippen LogP contribution is -2.29. The maximum absolute atomic E-state index is 13.4. The van der Waals surface area contributed by atoms with Crippen LogP contribution in [0, 0.1) is 0 Å². The van der Waals surface area contributed by atoms with Gasteiger partial charge in [-0.1, -0.05) is 60.7 Å². The highest BCUT2D eigenvalue weighted by molar-refractivity contribution is 7.11. The molecule has 0 atom stereocenters. The number of pyridine rings is 1. The average Bonchev–Trinajstić information content (AvgIpc) is 3.59. The Morgan fingerprint density at radius 3 is 2.66 bits per heavy atom.